The van der Waals surface area contributed by atoms with Gasteiger partial charge in [0.25, 0.3) is 0 Å². The van der Waals surface area contributed by atoms with Crippen LogP contribution in [0, 0.1) is 0 Å². The number of tetrazole rings is 1. The normalized spacial score (nSPS) is 10.5. The Morgan fingerprint density at radius 2 is 2.27 bits per heavy atom. The van der Waals surface area contributed by atoms with Crippen LogP contribution in [0.3, 0.4) is 0 Å². The number of para-hydroxylation sites is 1. The van der Waals surface area contributed by atoms with Gasteiger partial charge in [-0.05, 0) is 38.0 Å². The molecule has 0 saturated heterocycles. The Balaban J connectivity index is 2.33. The zero-order valence-corrected chi connectivity index (χ0v) is 9.77. The highest BCUT2D eigenvalue weighted by atomic mass is 79.9. The first kappa shape index (κ1) is 10.1. The lowest BCUT2D eigenvalue weighted by atomic mass is 10.1. The molecule has 0 spiro atoms. The van der Waals surface area contributed by atoms with Gasteiger partial charge in [0.1, 0.15) is 0 Å². The Morgan fingerprint density at radius 1 is 1.47 bits per heavy atom. The number of halogens is 1. The van der Waals surface area contributed by atoms with E-state index in [-0.39, 0.29) is 0 Å². The summed E-state index contributed by atoms with van der Waals surface area (Å²) in [7, 11) is 1.81. The fourth-order valence-corrected chi connectivity index (χ4v) is 1.71. The van der Waals surface area contributed by atoms with E-state index in [0.717, 1.165) is 21.5 Å². The van der Waals surface area contributed by atoms with Crippen molar-refractivity contribution >= 4 is 21.6 Å². The van der Waals surface area contributed by atoms with Crippen molar-refractivity contribution in [3.63, 3.8) is 0 Å². The number of aromatic nitrogens is 4. The molecule has 0 unspecified atom stereocenters. The number of nitrogens with two attached hydrogens (primary N) is 1. The van der Waals surface area contributed by atoms with Crippen LogP contribution < -0.4 is 5.73 Å². The minimum Gasteiger partial charge on any atom is -0.398 e. The van der Waals surface area contributed by atoms with Gasteiger partial charge in [-0.1, -0.05) is 12.1 Å². The molecular formula is C9H10BrN5. The number of anilines is 1. The molecule has 0 aliphatic rings. The third-order valence-corrected chi connectivity index (χ3v) is 2.89. The first-order valence-electron chi connectivity index (χ1n) is 4.42. The number of benzene rings is 1. The molecule has 0 bridgehead atoms. The second kappa shape index (κ2) is 3.98. The van der Waals surface area contributed by atoms with Crippen molar-refractivity contribution in [2.45, 2.75) is 6.42 Å². The van der Waals surface area contributed by atoms with E-state index in [0.29, 0.717) is 6.42 Å². The van der Waals surface area contributed by atoms with Crippen molar-refractivity contribution in [1.29, 1.82) is 0 Å². The summed E-state index contributed by atoms with van der Waals surface area (Å²) < 4.78 is 2.54. The molecule has 0 aliphatic heterocycles. The average molecular weight is 268 g/mol. The van der Waals surface area contributed by atoms with Crippen LogP contribution in [0.4, 0.5) is 5.69 Å². The molecule has 5 nitrogen and oxygen atoms in total. The summed E-state index contributed by atoms with van der Waals surface area (Å²) in [5.74, 6) is 0.791. The van der Waals surface area contributed by atoms with Crippen LogP contribution in [0.2, 0.25) is 0 Å². The number of aryl methyl sites for hydroxylation is 1. The minimum absolute atomic E-state index is 0.634. The molecule has 0 saturated carbocycles. The van der Waals surface area contributed by atoms with Gasteiger partial charge >= 0.3 is 0 Å². The third kappa shape index (κ3) is 1.99. The van der Waals surface area contributed by atoms with E-state index in [9.17, 15) is 0 Å². The third-order valence-electron chi connectivity index (χ3n) is 2.20. The summed E-state index contributed by atoms with van der Waals surface area (Å²) in [5.41, 5.74) is 7.68. The number of rotatable bonds is 2. The molecule has 0 radical (unpaired) electrons. The average Bonchev–Trinajstić information content (AvgIpc) is 2.60. The Morgan fingerprint density at radius 3 is 2.93 bits per heavy atom. The molecule has 1 heterocycles. The van der Waals surface area contributed by atoms with Crippen molar-refractivity contribution in [3.05, 3.63) is 34.1 Å². The van der Waals surface area contributed by atoms with Crippen molar-refractivity contribution in [1.82, 2.24) is 20.2 Å². The van der Waals surface area contributed by atoms with Gasteiger partial charge in [-0.15, -0.1) is 5.10 Å². The Bertz CT molecular complexity index is 479. The lowest BCUT2D eigenvalue weighted by molar-refractivity contribution is 0.686. The number of hydrogen-bond acceptors (Lipinski definition) is 4. The molecule has 2 rings (SSSR count). The molecule has 78 valence electrons. The van der Waals surface area contributed by atoms with Crippen molar-refractivity contribution in [2.75, 3.05) is 5.73 Å². The molecule has 1 aromatic heterocycles. The highest BCUT2D eigenvalue weighted by molar-refractivity contribution is 9.10. The smallest absolute Gasteiger partial charge is 0.155 e. The fourth-order valence-electron chi connectivity index (χ4n) is 1.30. The molecule has 2 N–H and O–H groups in total. The quantitative estimate of drug-likeness (QED) is 0.829. The minimum atomic E-state index is 0.634. The molecule has 2 aromatic rings. The van der Waals surface area contributed by atoms with Gasteiger partial charge in [0, 0.05) is 23.6 Å². The Labute approximate surface area is 95.4 Å². The van der Waals surface area contributed by atoms with E-state index in [2.05, 4.69) is 31.5 Å². The zero-order valence-electron chi connectivity index (χ0n) is 8.18. The van der Waals surface area contributed by atoms with Crippen molar-refractivity contribution in [2.24, 2.45) is 7.05 Å². The highest BCUT2D eigenvalue weighted by Crippen LogP contribution is 2.24. The van der Waals surface area contributed by atoms with Gasteiger partial charge in [0.05, 0.1) is 0 Å². The summed E-state index contributed by atoms with van der Waals surface area (Å²) in [6.45, 7) is 0. The topological polar surface area (TPSA) is 69.6 Å². The Hall–Kier alpha value is -1.43. The van der Waals surface area contributed by atoms with Crippen LogP contribution in [-0.2, 0) is 13.5 Å². The van der Waals surface area contributed by atoms with E-state index >= 15 is 0 Å². The zero-order chi connectivity index (χ0) is 10.8. The van der Waals surface area contributed by atoms with Gasteiger partial charge in [0.15, 0.2) is 5.82 Å². The first-order chi connectivity index (χ1) is 7.18. The van der Waals surface area contributed by atoms with Crippen molar-refractivity contribution in [3.8, 4) is 0 Å². The predicted octanol–water partition coefficient (Wildman–Crippen LogP) is 1.15. The summed E-state index contributed by atoms with van der Waals surface area (Å²) >= 11 is 3.39. The summed E-state index contributed by atoms with van der Waals surface area (Å²) in [5, 5.41) is 11.3. The van der Waals surface area contributed by atoms with E-state index in [4.69, 9.17) is 5.73 Å². The fraction of sp³-hybridized carbons (Fsp3) is 0.222. The van der Waals surface area contributed by atoms with Crippen LogP contribution in [0.1, 0.15) is 11.4 Å². The maximum Gasteiger partial charge on any atom is 0.155 e. The summed E-state index contributed by atoms with van der Waals surface area (Å²) in [4.78, 5) is 0. The molecule has 0 aliphatic carbocycles. The van der Waals surface area contributed by atoms with Gasteiger partial charge in [0.2, 0.25) is 0 Å². The van der Waals surface area contributed by atoms with Crippen LogP contribution in [0.25, 0.3) is 0 Å². The van der Waals surface area contributed by atoms with E-state index < -0.39 is 0 Å². The van der Waals surface area contributed by atoms with Crippen LogP contribution in [0.15, 0.2) is 22.7 Å². The van der Waals surface area contributed by atoms with Crippen LogP contribution in [-0.4, -0.2) is 20.2 Å². The predicted molar refractivity (Wildman–Crippen MR) is 60.2 cm³/mol. The van der Waals surface area contributed by atoms with Gasteiger partial charge in [-0.2, -0.15) is 0 Å². The lowest BCUT2D eigenvalue weighted by Crippen LogP contribution is -2.03. The van der Waals surface area contributed by atoms with E-state index in [1.54, 1.807) is 4.68 Å². The maximum atomic E-state index is 5.92. The lowest BCUT2D eigenvalue weighted by Gasteiger charge is -2.05. The molecule has 1 aromatic carbocycles. The van der Waals surface area contributed by atoms with Gasteiger partial charge in [-0.25, -0.2) is 4.68 Å². The summed E-state index contributed by atoms with van der Waals surface area (Å²) in [6.07, 6.45) is 0.634. The van der Waals surface area contributed by atoms with Gasteiger partial charge < -0.3 is 5.73 Å². The Kier molecular flexibility index (Phi) is 2.68. The second-order valence-corrected chi connectivity index (χ2v) is 4.06. The van der Waals surface area contributed by atoms with Crippen LogP contribution >= 0.6 is 15.9 Å². The first-order valence-corrected chi connectivity index (χ1v) is 5.22. The summed E-state index contributed by atoms with van der Waals surface area (Å²) in [6, 6.07) is 5.82. The number of nitrogens with zero attached hydrogens (tertiary/aromatic N) is 4. The molecule has 15 heavy (non-hydrogen) atoms. The van der Waals surface area contributed by atoms with Crippen LogP contribution in [0.5, 0.6) is 0 Å². The second-order valence-electron chi connectivity index (χ2n) is 3.21. The molecule has 6 heteroatoms. The molecule has 0 fully saturated rings. The largest absolute Gasteiger partial charge is 0.398 e. The SMILES string of the molecule is Cn1nnnc1Cc1cccc(Br)c1N. The number of hydrogen-bond donors (Lipinski definition) is 1. The molecule has 0 atom stereocenters. The van der Waals surface area contributed by atoms with E-state index in [1.807, 2.05) is 25.2 Å². The standard InChI is InChI=1S/C9H10BrN5/c1-15-8(12-13-14-15)5-6-3-2-4-7(10)9(6)11/h2-4H,5,11H2,1H3. The monoisotopic (exact) mass is 267 g/mol. The van der Waals surface area contributed by atoms with E-state index in [1.165, 1.54) is 0 Å². The van der Waals surface area contributed by atoms with Gasteiger partial charge in [-0.3, -0.25) is 0 Å². The van der Waals surface area contributed by atoms with Crippen molar-refractivity contribution < 1.29 is 0 Å². The number of nitrogen functional groups attached to an aromatic ring is 1. The molecule has 0 amide bonds. The molecular weight excluding hydrogens is 258 g/mol. The highest BCUT2D eigenvalue weighted by Gasteiger charge is 2.07. The maximum absolute atomic E-state index is 5.92.